The lowest BCUT2D eigenvalue weighted by atomic mass is 10.1. The molecule has 0 spiro atoms. The zero-order chi connectivity index (χ0) is 10.1. The number of hydrogen-bond acceptors (Lipinski definition) is 1. The molecule has 0 N–H and O–H groups in total. The third-order valence-corrected chi connectivity index (χ3v) is 3.19. The SMILES string of the molecule is [C-]#[N+]c1cccc2c1CC[C@@H]2N(C)P. The molecule has 2 atom stereocenters. The van der Waals surface area contributed by atoms with Crippen molar-refractivity contribution in [2.45, 2.75) is 18.9 Å². The van der Waals surface area contributed by atoms with E-state index in [0.717, 1.165) is 18.5 Å². The molecule has 0 amide bonds. The molecule has 0 heterocycles. The molecule has 0 fully saturated rings. The summed E-state index contributed by atoms with van der Waals surface area (Å²) in [7, 11) is 4.78. The van der Waals surface area contributed by atoms with Gasteiger partial charge in [-0.05, 0) is 31.0 Å². The number of benzene rings is 1. The van der Waals surface area contributed by atoms with Gasteiger partial charge in [-0.2, -0.15) is 0 Å². The molecule has 0 aromatic heterocycles. The van der Waals surface area contributed by atoms with E-state index in [1.54, 1.807) is 0 Å². The van der Waals surface area contributed by atoms with Crippen LogP contribution < -0.4 is 0 Å². The van der Waals surface area contributed by atoms with Crippen LogP contribution in [0.2, 0.25) is 0 Å². The van der Waals surface area contributed by atoms with E-state index in [0.29, 0.717) is 6.04 Å². The van der Waals surface area contributed by atoms with E-state index >= 15 is 0 Å². The van der Waals surface area contributed by atoms with Crippen molar-refractivity contribution in [2.24, 2.45) is 0 Å². The fourth-order valence-corrected chi connectivity index (χ4v) is 2.45. The normalized spacial score (nSPS) is 19.4. The minimum Gasteiger partial charge on any atom is -0.283 e. The number of hydrogen-bond donors (Lipinski definition) is 0. The van der Waals surface area contributed by atoms with E-state index in [-0.39, 0.29) is 0 Å². The molecule has 1 aromatic rings. The van der Waals surface area contributed by atoms with E-state index < -0.39 is 0 Å². The van der Waals surface area contributed by atoms with Crippen LogP contribution in [0.25, 0.3) is 4.85 Å². The van der Waals surface area contributed by atoms with Crippen molar-refractivity contribution in [3.05, 3.63) is 40.7 Å². The Morgan fingerprint density at radius 2 is 2.36 bits per heavy atom. The molecule has 0 bridgehead atoms. The van der Waals surface area contributed by atoms with Gasteiger partial charge >= 0.3 is 0 Å². The van der Waals surface area contributed by atoms with Gasteiger partial charge in [0.05, 0.1) is 6.57 Å². The smallest absolute Gasteiger partial charge is 0.190 e. The molecule has 1 aliphatic carbocycles. The molecule has 14 heavy (non-hydrogen) atoms. The highest BCUT2D eigenvalue weighted by Crippen LogP contribution is 2.40. The van der Waals surface area contributed by atoms with Crippen LogP contribution in [0.3, 0.4) is 0 Å². The van der Waals surface area contributed by atoms with Gasteiger partial charge in [0.2, 0.25) is 0 Å². The molecule has 1 aliphatic rings. The standard InChI is InChI=1S/C11H13N2P/c1-12-10-5-3-4-9-8(10)6-7-11(9)13(2)14/h3-5,11H,6-7,14H2,2H3/t11-/m0/s1. The predicted octanol–water partition coefficient (Wildman–Crippen LogP) is 2.95. The van der Waals surface area contributed by atoms with Crippen LogP contribution in [-0.4, -0.2) is 11.7 Å². The van der Waals surface area contributed by atoms with Gasteiger partial charge in [-0.15, -0.1) is 0 Å². The molecule has 1 unspecified atom stereocenters. The van der Waals surface area contributed by atoms with Crippen LogP contribution in [0.4, 0.5) is 5.69 Å². The minimum atomic E-state index is 0.469. The van der Waals surface area contributed by atoms with Crippen molar-refractivity contribution < 1.29 is 0 Å². The molecular weight excluding hydrogens is 191 g/mol. The first-order valence-corrected chi connectivity index (χ1v) is 5.22. The van der Waals surface area contributed by atoms with Crippen LogP contribution in [0.5, 0.6) is 0 Å². The van der Waals surface area contributed by atoms with Gasteiger partial charge in [0.25, 0.3) is 0 Å². The van der Waals surface area contributed by atoms with Crippen LogP contribution in [-0.2, 0) is 6.42 Å². The average Bonchev–Trinajstić information content (AvgIpc) is 2.60. The maximum Gasteiger partial charge on any atom is 0.190 e. The van der Waals surface area contributed by atoms with Crippen molar-refractivity contribution in [3.8, 4) is 0 Å². The molecule has 3 heteroatoms. The highest BCUT2D eigenvalue weighted by Gasteiger charge is 2.25. The van der Waals surface area contributed by atoms with Crippen LogP contribution in [0, 0.1) is 6.57 Å². The van der Waals surface area contributed by atoms with E-state index in [1.165, 1.54) is 11.1 Å². The first-order valence-electron chi connectivity index (χ1n) is 4.71. The molecule has 1 aromatic carbocycles. The quantitative estimate of drug-likeness (QED) is 0.504. The second kappa shape index (κ2) is 3.69. The Hall–Kier alpha value is -0.900. The second-order valence-corrected chi connectivity index (χ2v) is 4.49. The summed E-state index contributed by atoms with van der Waals surface area (Å²) in [4.78, 5) is 3.56. The summed E-state index contributed by atoms with van der Waals surface area (Å²) in [6.07, 6.45) is 2.17. The van der Waals surface area contributed by atoms with Crippen LogP contribution in [0.1, 0.15) is 23.6 Å². The lowest BCUT2D eigenvalue weighted by Gasteiger charge is -2.19. The third kappa shape index (κ3) is 1.43. The summed E-state index contributed by atoms with van der Waals surface area (Å²) in [5, 5.41) is 0. The predicted molar refractivity (Wildman–Crippen MR) is 61.2 cm³/mol. The van der Waals surface area contributed by atoms with E-state index in [4.69, 9.17) is 6.57 Å². The summed E-state index contributed by atoms with van der Waals surface area (Å²) >= 11 is 0. The van der Waals surface area contributed by atoms with Gasteiger partial charge in [-0.1, -0.05) is 27.6 Å². The van der Waals surface area contributed by atoms with Crippen molar-refractivity contribution in [1.82, 2.24) is 4.67 Å². The number of nitrogens with zero attached hydrogens (tertiary/aromatic N) is 2. The first kappa shape index (κ1) is 9.65. The van der Waals surface area contributed by atoms with Crippen molar-refractivity contribution >= 4 is 15.1 Å². The van der Waals surface area contributed by atoms with Gasteiger partial charge in [-0.3, -0.25) is 4.67 Å². The highest BCUT2D eigenvalue weighted by molar-refractivity contribution is 7.13. The molecule has 0 saturated carbocycles. The Morgan fingerprint density at radius 3 is 3.00 bits per heavy atom. The molecule has 0 radical (unpaired) electrons. The van der Waals surface area contributed by atoms with Crippen molar-refractivity contribution in [2.75, 3.05) is 7.05 Å². The Labute approximate surface area is 87.0 Å². The fraction of sp³-hybridized carbons (Fsp3) is 0.364. The number of fused-ring (bicyclic) bond motifs is 1. The van der Waals surface area contributed by atoms with Crippen LogP contribution in [0.15, 0.2) is 18.2 Å². The largest absolute Gasteiger partial charge is 0.283 e. The highest BCUT2D eigenvalue weighted by atomic mass is 31.0. The summed E-state index contributed by atoms with van der Waals surface area (Å²) in [6.45, 7) is 7.09. The minimum absolute atomic E-state index is 0.469. The van der Waals surface area contributed by atoms with Gasteiger partial charge < -0.3 is 0 Å². The lowest BCUT2D eigenvalue weighted by Crippen LogP contribution is -2.10. The van der Waals surface area contributed by atoms with Gasteiger partial charge in [0.15, 0.2) is 5.69 Å². The fourth-order valence-electron chi connectivity index (χ4n) is 2.14. The molecule has 0 saturated heterocycles. The molecule has 72 valence electrons. The summed E-state index contributed by atoms with van der Waals surface area (Å²) in [5.41, 5.74) is 3.41. The lowest BCUT2D eigenvalue weighted by molar-refractivity contribution is 0.418. The van der Waals surface area contributed by atoms with Crippen molar-refractivity contribution in [3.63, 3.8) is 0 Å². The molecule has 2 rings (SSSR count). The van der Waals surface area contributed by atoms with E-state index in [2.05, 4.69) is 32.0 Å². The Morgan fingerprint density at radius 1 is 1.57 bits per heavy atom. The maximum absolute atomic E-state index is 7.09. The molecule has 0 aliphatic heterocycles. The van der Waals surface area contributed by atoms with Gasteiger partial charge in [0.1, 0.15) is 0 Å². The van der Waals surface area contributed by atoms with E-state index in [1.807, 2.05) is 12.1 Å². The van der Waals surface area contributed by atoms with Crippen molar-refractivity contribution in [1.29, 1.82) is 0 Å². The Balaban J connectivity index is 2.48. The zero-order valence-electron chi connectivity index (χ0n) is 8.20. The maximum atomic E-state index is 7.09. The molecule has 2 nitrogen and oxygen atoms in total. The summed E-state index contributed by atoms with van der Waals surface area (Å²) in [5.74, 6) is 0. The second-order valence-electron chi connectivity index (χ2n) is 3.68. The topological polar surface area (TPSA) is 7.60 Å². The van der Waals surface area contributed by atoms with Gasteiger partial charge in [-0.25, -0.2) is 4.85 Å². The zero-order valence-corrected chi connectivity index (χ0v) is 9.35. The monoisotopic (exact) mass is 204 g/mol. The summed E-state index contributed by atoms with van der Waals surface area (Å²) in [6, 6.07) is 6.51. The Kier molecular flexibility index (Phi) is 2.54. The summed E-state index contributed by atoms with van der Waals surface area (Å²) < 4.78 is 2.15. The first-order chi connectivity index (χ1) is 6.74. The Bertz CT molecular complexity index is 393. The van der Waals surface area contributed by atoms with E-state index in [9.17, 15) is 0 Å². The van der Waals surface area contributed by atoms with Crippen LogP contribution >= 0.6 is 9.39 Å². The number of rotatable bonds is 1. The average molecular weight is 204 g/mol. The molecular formula is C11H13N2P. The van der Waals surface area contributed by atoms with Gasteiger partial charge in [0, 0.05) is 6.04 Å². The third-order valence-electron chi connectivity index (χ3n) is 2.83.